The van der Waals surface area contributed by atoms with E-state index in [2.05, 4.69) is 15.3 Å². The van der Waals surface area contributed by atoms with Gasteiger partial charge in [0.25, 0.3) is 0 Å². The Morgan fingerprint density at radius 1 is 1.15 bits per heavy atom. The molecule has 1 unspecified atom stereocenters. The SMILES string of the molecule is CCOc1cc(OC(C)C)c(F)c(C(Nc2ccc(C(=N)N)cc2)c2nc(-c3ccccc3S(N)(=O)=O)c[nH]2)c1. The van der Waals surface area contributed by atoms with E-state index in [9.17, 15) is 8.42 Å². The van der Waals surface area contributed by atoms with Gasteiger partial charge in [0.2, 0.25) is 10.0 Å². The Morgan fingerprint density at radius 3 is 2.48 bits per heavy atom. The van der Waals surface area contributed by atoms with Crippen LogP contribution in [0.1, 0.15) is 43.8 Å². The van der Waals surface area contributed by atoms with Crippen LogP contribution in [0.25, 0.3) is 11.3 Å². The van der Waals surface area contributed by atoms with Gasteiger partial charge in [-0.3, -0.25) is 5.41 Å². The summed E-state index contributed by atoms with van der Waals surface area (Å²) in [5.41, 5.74) is 7.48. The van der Waals surface area contributed by atoms with Gasteiger partial charge in [-0.05, 0) is 57.2 Å². The van der Waals surface area contributed by atoms with Gasteiger partial charge >= 0.3 is 0 Å². The molecule has 3 aromatic carbocycles. The van der Waals surface area contributed by atoms with E-state index < -0.39 is 21.9 Å². The van der Waals surface area contributed by atoms with Gasteiger partial charge in [-0.25, -0.2) is 22.9 Å². The number of rotatable bonds is 11. The molecule has 40 heavy (non-hydrogen) atoms. The van der Waals surface area contributed by atoms with Crippen LogP contribution in [0.15, 0.2) is 71.8 Å². The molecule has 0 amide bonds. The molecule has 7 N–H and O–H groups in total. The minimum absolute atomic E-state index is 0.0148. The van der Waals surface area contributed by atoms with Crippen molar-refractivity contribution in [3.05, 3.63) is 89.6 Å². The van der Waals surface area contributed by atoms with Crippen LogP contribution in [-0.4, -0.2) is 36.9 Å². The molecule has 0 radical (unpaired) electrons. The molecule has 1 aromatic heterocycles. The van der Waals surface area contributed by atoms with Gasteiger partial charge in [0.05, 0.1) is 23.3 Å². The first-order chi connectivity index (χ1) is 19.0. The monoisotopic (exact) mass is 566 g/mol. The van der Waals surface area contributed by atoms with E-state index >= 15 is 4.39 Å². The average molecular weight is 567 g/mol. The molecule has 4 aromatic rings. The van der Waals surface area contributed by atoms with Crippen LogP contribution < -0.4 is 25.7 Å². The van der Waals surface area contributed by atoms with Crippen molar-refractivity contribution >= 4 is 21.5 Å². The highest BCUT2D eigenvalue weighted by atomic mass is 32.2. The summed E-state index contributed by atoms with van der Waals surface area (Å²) in [5.74, 6) is 0.00898. The van der Waals surface area contributed by atoms with Gasteiger partial charge in [-0.15, -0.1) is 0 Å². The number of anilines is 1. The average Bonchev–Trinajstić information content (AvgIpc) is 3.39. The Bertz CT molecular complexity index is 1620. The summed E-state index contributed by atoms with van der Waals surface area (Å²) in [7, 11) is -4.03. The first kappa shape index (κ1) is 28.6. The fourth-order valence-electron chi connectivity index (χ4n) is 4.15. The predicted octanol–water partition coefficient (Wildman–Crippen LogP) is 4.53. The number of nitrogens with zero attached hydrogens (tertiary/aromatic N) is 1. The van der Waals surface area contributed by atoms with Crippen LogP contribution in [-0.2, 0) is 10.0 Å². The first-order valence-corrected chi connectivity index (χ1v) is 14.0. The minimum Gasteiger partial charge on any atom is -0.494 e. The molecule has 1 atom stereocenters. The number of nitrogens with two attached hydrogens (primary N) is 2. The highest BCUT2D eigenvalue weighted by Crippen LogP contribution is 2.36. The summed E-state index contributed by atoms with van der Waals surface area (Å²) >= 11 is 0. The molecule has 0 spiro atoms. The van der Waals surface area contributed by atoms with Gasteiger partial charge in [0.15, 0.2) is 11.6 Å². The predicted molar refractivity (Wildman–Crippen MR) is 152 cm³/mol. The van der Waals surface area contributed by atoms with Gasteiger partial charge < -0.3 is 25.5 Å². The summed E-state index contributed by atoms with van der Waals surface area (Å²) in [6.45, 7) is 5.76. The molecule has 0 aliphatic heterocycles. The van der Waals surface area contributed by atoms with Crippen LogP contribution in [0.3, 0.4) is 0 Å². The van der Waals surface area contributed by atoms with Gasteiger partial charge in [0, 0.05) is 34.6 Å². The van der Waals surface area contributed by atoms with Crippen molar-refractivity contribution in [1.82, 2.24) is 9.97 Å². The van der Waals surface area contributed by atoms with Crippen molar-refractivity contribution in [2.75, 3.05) is 11.9 Å². The molecule has 12 heteroatoms. The smallest absolute Gasteiger partial charge is 0.238 e. The molecule has 0 saturated heterocycles. The molecule has 10 nitrogen and oxygen atoms in total. The van der Waals surface area contributed by atoms with Crippen LogP contribution in [0.4, 0.5) is 10.1 Å². The lowest BCUT2D eigenvalue weighted by atomic mass is 10.0. The van der Waals surface area contributed by atoms with Crippen LogP contribution in [0, 0.1) is 11.2 Å². The zero-order valence-electron chi connectivity index (χ0n) is 22.2. The summed E-state index contributed by atoms with van der Waals surface area (Å²) in [6, 6.07) is 15.1. The number of primary sulfonamides is 1. The van der Waals surface area contributed by atoms with Crippen molar-refractivity contribution in [2.24, 2.45) is 10.9 Å². The Morgan fingerprint density at radius 2 is 1.85 bits per heavy atom. The molecule has 0 fully saturated rings. The van der Waals surface area contributed by atoms with E-state index in [1.807, 2.05) is 6.92 Å². The Balaban J connectivity index is 1.87. The lowest BCUT2D eigenvalue weighted by Gasteiger charge is -2.22. The number of amidine groups is 1. The molecule has 0 aliphatic carbocycles. The number of imidazole rings is 1. The molecule has 0 saturated carbocycles. The number of sulfonamides is 1. The maximum Gasteiger partial charge on any atom is 0.238 e. The van der Waals surface area contributed by atoms with Crippen molar-refractivity contribution < 1.29 is 22.3 Å². The Labute approximate surface area is 232 Å². The number of benzene rings is 3. The van der Waals surface area contributed by atoms with Crippen LogP contribution >= 0.6 is 0 Å². The standard InChI is InChI=1S/C28H31FN6O4S/c1-4-38-19-13-21(25(29)23(14-19)39-16(2)3)26(34-18-11-9-17(10-12-18)27(30)31)28-33-15-22(35-28)20-7-5-6-8-24(20)40(32,36)37/h5-16,26,34H,4H2,1-3H3,(H3,30,31)(H,33,35)(H2,32,36,37). The maximum absolute atomic E-state index is 16.0. The maximum atomic E-state index is 16.0. The van der Waals surface area contributed by atoms with Gasteiger partial charge in [-0.1, -0.05) is 18.2 Å². The van der Waals surface area contributed by atoms with Crippen LogP contribution in [0.2, 0.25) is 0 Å². The van der Waals surface area contributed by atoms with Gasteiger partial charge in [-0.2, -0.15) is 0 Å². The molecule has 0 bridgehead atoms. The number of aromatic nitrogens is 2. The minimum atomic E-state index is -4.03. The topological polar surface area (TPSA) is 169 Å². The lowest BCUT2D eigenvalue weighted by Crippen LogP contribution is -2.18. The van der Waals surface area contributed by atoms with Crippen molar-refractivity contribution in [2.45, 2.75) is 37.8 Å². The third kappa shape index (κ3) is 6.41. The highest BCUT2D eigenvalue weighted by molar-refractivity contribution is 7.89. The molecule has 1 heterocycles. The number of aromatic amines is 1. The van der Waals surface area contributed by atoms with E-state index in [4.69, 9.17) is 25.8 Å². The molecular weight excluding hydrogens is 535 g/mol. The number of nitrogen functional groups attached to an aromatic ring is 1. The summed E-state index contributed by atoms with van der Waals surface area (Å²) in [4.78, 5) is 7.61. The molecule has 0 aliphatic rings. The Hall–Kier alpha value is -4.42. The normalized spacial score (nSPS) is 12.2. The van der Waals surface area contributed by atoms with Crippen molar-refractivity contribution in [3.8, 4) is 22.8 Å². The second-order valence-corrected chi connectivity index (χ2v) is 10.7. The summed E-state index contributed by atoms with van der Waals surface area (Å²) in [6.07, 6.45) is 1.23. The lowest BCUT2D eigenvalue weighted by molar-refractivity contribution is 0.228. The number of hydrogen-bond acceptors (Lipinski definition) is 7. The van der Waals surface area contributed by atoms with E-state index in [-0.39, 0.29) is 34.0 Å². The quantitative estimate of drug-likeness (QED) is 0.131. The zero-order valence-corrected chi connectivity index (χ0v) is 23.1. The van der Waals surface area contributed by atoms with Crippen molar-refractivity contribution in [1.29, 1.82) is 5.41 Å². The summed E-state index contributed by atoms with van der Waals surface area (Å²) in [5, 5.41) is 16.4. The summed E-state index contributed by atoms with van der Waals surface area (Å²) < 4.78 is 51.9. The second kappa shape index (κ2) is 11.8. The van der Waals surface area contributed by atoms with E-state index in [0.717, 1.165) is 0 Å². The van der Waals surface area contributed by atoms with Crippen molar-refractivity contribution in [3.63, 3.8) is 0 Å². The van der Waals surface area contributed by atoms with E-state index in [1.165, 1.54) is 18.3 Å². The van der Waals surface area contributed by atoms with Crippen LogP contribution in [0.5, 0.6) is 11.5 Å². The molecule has 210 valence electrons. The molecular formula is C28H31FN6O4S. The zero-order chi connectivity index (χ0) is 29.0. The van der Waals surface area contributed by atoms with E-state index in [0.29, 0.717) is 34.9 Å². The highest BCUT2D eigenvalue weighted by Gasteiger charge is 2.27. The van der Waals surface area contributed by atoms with Gasteiger partial charge in [0.1, 0.15) is 23.5 Å². The fourth-order valence-corrected chi connectivity index (χ4v) is 4.90. The Kier molecular flexibility index (Phi) is 8.40. The first-order valence-electron chi connectivity index (χ1n) is 12.5. The number of ether oxygens (including phenoxy) is 2. The fraction of sp³-hybridized carbons (Fsp3) is 0.214. The molecule has 4 rings (SSSR count). The number of nitrogens with one attached hydrogen (secondary N) is 3. The number of hydrogen-bond donors (Lipinski definition) is 5. The number of halogens is 1. The third-order valence-corrected chi connectivity index (χ3v) is 6.84. The second-order valence-electron chi connectivity index (χ2n) is 9.20. The van der Waals surface area contributed by atoms with E-state index in [1.54, 1.807) is 62.4 Å². The number of H-pyrrole nitrogens is 1. The largest absolute Gasteiger partial charge is 0.494 e. The third-order valence-electron chi connectivity index (χ3n) is 5.87.